The lowest BCUT2D eigenvalue weighted by Gasteiger charge is -2.12. The first-order valence-corrected chi connectivity index (χ1v) is 11.0. The van der Waals surface area contributed by atoms with Crippen molar-refractivity contribution >= 4 is 23.2 Å². The van der Waals surface area contributed by atoms with Crippen LogP contribution >= 0.6 is 23.2 Å². The van der Waals surface area contributed by atoms with Crippen LogP contribution in [0, 0.1) is 0 Å². The lowest BCUT2D eigenvalue weighted by Crippen LogP contribution is -2.05. The summed E-state index contributed by atoms with van der Waals surface area (Å²) in [6, 6.07) is 12.8. The Morgan fingerprint density at radius 1 is 0.730 bits per heavy atom. The zero-order valence-corrected chi connectivity index (χ0v) is 19.9. The first-order chi connectivity index (χ1) is 17.3. The van der Waals surface area contributed by atoms with Gasteiger partial charge in [0.2, 0.25) is 0 Å². The fourth-order valence-electron chi connectivity index (χ4n) is 2.96. The largest absolute Gasteiger partial charge is 0.457 e. The monoisotopic (exact) mass is 560 g/mol. The normalized spacial score (nSPS) is 12.4. The van der Waals surface area contributed by atoms with E-state index >= 15 is 0 Å². The average molecular weight is 561 g/mol. The average Bonchev–Trinajstić information content (AvgIpc) is 2.84. The van der Waals surface area contributed by atoms with Crippen molar-refractivity contribution in [3.63, 3.8) is 0 Å². The Balaban J connectivity index is 0.000000213. The molecule has 1 N–H and O–H groups in total. The topological polar surface area (TPSA) is 55.2 Å². The van der Waals surface area contributed by atoms with E-state index in [2.05, 4.69) is 9.97 Å². The van der Waals surface area contributed by atoms with E-state index in [-0.39, 0.29) is 11.5 Å². The molecule has 0 radical (unpaired) electrons. The van der Waals surface area contributed by atoms with Crippen LogP contribution in [0.3, 0.4) is 0 Å². The van der Waals surface area contributed by atoms with E-state index in [9.17, 15) is 31.4 Å². The Hall–Kier alpha value is -3.34. The predicted octanol–water partition coefficient (Wildman–Crippen LogP) is 8.38. The molecule has 4 nitrogen and oxygen atoms in total. The number of hydrogen-bond acceptors (Lipinski definition) is 4. The summed E-state index contributed by atoms with van der Waals surface area (Å²) in [5.74, 6) is -0.381. The fourth-order valence-corrected chi connectivity index (χ4v) is 3.47. The molecule has 0 saturated heterocycles. The molecule has 0 aliphatic heterocycles. The predicted molar refractivity (Wildman–Crippen MR) is 126 cm³/mol. The number of aliphatic hydroxyl groups excluding tert-OH is 1. The van der Waals surface area contributed by atoms with E-state index in [1.807, 2.05) is 0 Å². The number of nitrogens with zero attached hydrogens (tertiary/aromatic N) is 2. The number of benzene rings is 3. The van der Waals surface area contributed by atoms with Crippen molar-refractivity contribution in [2.24, 2.45) is 0 Å². The Kier molecular flexibility index (Phi) is 9.01. The number of aromatic nitrogens is 2. The van der Waals surface area contributed by atoms with Gasteiger partial charge in [0.05, 0.1) is 11.1 Å². The van der Waals surface area contributed by atoms with Crippen molar-refractivity contribution in [1.29, 1.82) is 0 Å². The molecule has 0 bridgehead atoms. The summed E-state index contributed by atoms with van der Waals surface area (Å²) in [4.78, 5) is 7.68. The molecule has 1 heterocycles. The number of ether oxygens (including phenoxy) is 1. The molecular weight excluding hydrogens is 545 g/mol. The van der Waals surface area contributed by atoms with E-state index < -0.39 is 29.6 Å². The highest BCUT2D eigenvalue weighted by molar-refractivity contribution is 6.35. The molecular formula is C25H16Cl2F6N2O2. The van der Waals surface area contributed by atoms with Gasteiger partial charge < -0.3 is 9.84 Å². The Bertz CT molecular complexity index is 1280. The second kappa shape index (κ2) is 11.8. The first-order valence-electron chi connectivity index (χ1n) is 10.2. The highest BCUT2D eigenvalue weighted by atomic mass is 35.5. The maximum atomic E-state index is 12.5. The molecule has 12 heteroatoms. The van der Waals surface area contributed by atoms with Crippen LogP contribution in [-0.2, 0) is 12.4 Å². The minimum Gasteiger partial charge on any atom is -0.457 e. The van der Waals surface area contributed by atoms with Gasteiger partial charge in [-0.2, -0.15) is 26.3 Å². The van der Waals surface area contributed by atoms with Gasteiger partial charge in [0.15, 0.2) is 0 Å². The number of halogens is 8. The van der Waals surface area contributed by atoms with Crippen LogP contribution in [0.15, 0.2) is 85.5 Å². The molecule has 0 aliphatic rings. The van der Waals surface area contributed by atoms with Crippen LogP contribution in [0.4, 0.5) is 26.3 Å². The SMILES string of the molecule is FC(F)(F)c1cccc(Oc2cccc(C(F)(F)F)c2)c1.OC(c1cncnc1)c1ccc(Cl)cc1Cl. The van der Waals surface area contributed by atoms with Gasteiger partial charge in [-0.1, -0.05) is 41.4 Å². The highest BCUT2D eigenvalue weighted by Gasteiger charge is 2.32. The summed E-state index contributed by atoms with van der Waals surface area (Å²) < 4.78 is 80.2. The van der Waals surface area contributed by atoms with Gasteiger partial charge in [0.1, 0.15) is 23.9 Å². The number of rotatable bonds is 4. The van der Waals surface area contributed by atoms with Gasteiger partial charge in [0, 0.05) is 33.6 Å². The molecule has 1 atom stereocenters. The summed E-state index contributed by atoms with van der Waals surface area (Å²) >= 11 is 11.8. The molecule has 1 unspecified atom stereocenters. The zero-order chi connectivity index (χ0) is 27.2. The smallest absolute Gasteiger partial charge is 0.416 e. The second-order valence-corrected chi connectivity index (χ2v) is 8.24. The quantitative estimate of drug-likeness (QED) is 0.255. The van der Waals surface area contributed by atoms with Crippen molar-refractivity contribution < 1.29 is 36.2 Å². The minimum atomic E-state index is -4.55. The van der Waals surface area contributed by atoms with Crippen molar-refractivity contribution in [1.82, 2.24) is 9.97 Å². The van der Waals surface area contributed by atoms with E-state index in [1.54, 1.807) is 30.6 Å². The third kappa shape index (κ3) is 8.08. The van der Waals surface area contributed by atoms with Crippen molar-refractivity contribution in [2.45, 2.75) is 18.5 Å². The van der Waals surface area contributed by atoms with E-state index in [0.717, 1.165) is 36.4 Å². The van der Waals surface area contributed by atoms with Crippen LogP contribution in [0.2, 0.25) is 10.0 Å². The Labute approximate surface area is 217 Å². The summed E-state index contributed by atoms with van der Waals surface area (Å²) in [7, 11) is 0. The summed E-state index contributed by atoms with van der Waals surface area (Å²) in [5.41, 5.74) is -0.702. The Morgan fingerprint density at radius 2 is 1.24 bits per heavy atom. The van der Waals surface area contributed by atoms with E-state index in [0.29, 0.717) is 21.2 Å². The van der Waals surface area contributed by atoms with E-state index in [4.69, 9.17) is 27.9 Å². The van der Waals surface area contributed by atoms with Crippen LogP contribution < -0.4 is 4.74 Å². The molecule has 0 aliphatic carbocycles. The molecule has 0 spiro atoms. The van der Waals surface area contributed by atoms with Crippen LogP contribution in [0.25, 0.3) is 0 Å². The molecule has 0 fully saturated rings. The summed E-state index contributed by atoms with van der Waals surface area (Å²) in [6.07, 6.45) is -5.45. The number of aliphatic hydroxyl groups is 1. The summed E-state index contributed by atoms with van der Waals surface area (Å²) in [5, 5.41) is 11.0. The van der Waals surface area contributed by atoms with Gasteiger partial charge in [-0.05, 0) is 48.5 Å². The van der Waals surface area contributed by atoms with Gasteiger partial charge >= 0.3 is 12.4 Å². The van der Waals surface area contributed by atoms with Gasteiger partial charge in [-0.15, -0.1) is 0 Å². The molecule has 3 aromatic carbocycles. The molecule has 194 valence electrons. The molecule has 37 heavy (non-hydrogen) atoms. The van der Waals surface area contributed by atoms with Crippen molar-refractivity contribution in [2.75, 3.05) is 0 Å². The molecule has 0 saturated carbocycles. The maximum Gasteiger partial charge on any atom is 0.416 e. The third-order valence-electron chi connectivity index (χ3n) is 4.71. The molecule has 4 aromatic rings. The van der Waals surface area contributed by atoms with Crippen molar-refractivity contribution in [3.8, 4) is 11.5 Å². The second-order valence-electron chi connectivity index (χ2n) is 7.39. The zero-order valence-electron chi connectivity index (χ0n) is 18.4. The van der Waals surface area contributed by atoms with Crippen LogP contribution in [0.1, 0.15) is 28.4 Å². The standard InChI is InChI=1S/C14H8F6O.C11H8Cl2N2O/c15-13(16,17)9-3-1-5-11(7-9)21-12-6-2-4-10(8-12)14(18,19)20;12-8-1-2-9(10(13)3-8)11(16)7-4-14-6-15-5-7/h1-8H;1-6,11,16H. The number of alkyl halides is 6. The maximum absolute atomic E-state index is 12.5. The van der Waals surface area contributed by atoms with Crippen LogP contribution in [-0.4, -0.2) is 15.1 Å². The molecule has 0 amide bonds. The highest BCUT2D eigenvalue weighted by Crippen LogP contribution is 2.35. The summed E-state index contributed by atoms with van der Waals surface area (Å²) in [6.45, 7) is 0. The van der Waals surface area contributed by atoms with Crippen molar-refractivity contribution in [3.05, 3.63) is 118 Å². The number of hydrogen-bond donors (Lipinski definition) is 1. The molecule has 4 rings (SSSR count). The van der Waals surface area contributed by atoms with Gasteiger partial charge in [-0.3, -0.25) is 0 Å². The third-order valence-corrected chi connectivity index (χ3v) is 5.27. The lowest BCUT2D eigenvalue weighted by molar-refractivity contribution is -0.138. The van der Waals surface area contributed by atoms with E-state index in [1.165, 1.54) is 18.5 Å². The fraction of sp³-hybridized carbons (Fsp3) is 0.120. The minimum absolute atomic E-state index is 0.191. The molecule has 1 aromatic heterocycles. The first kappa shape index (κ1) is 28.2. The van der Waals surface area contributed by atoms with Gasteiger partial charge in [-0.25, -0.2) is 9.97 Å². The Morgan fingerprint density at radius 3 is 1.70 bits per heavy atom. The lowest BCUT2D eigenvalue weighted by atomic mass is 10.0. The van der Waals surface area contributed by atoms with Crippen LogP contribution in [0.5, 0.6) is 11.5 Å². The van der Waals surface area contributed by atoms with Gasteiger partial charge in [0.25, 0.3) is 0 Å².